The van der Waals surface area contributed by atoms with Crippen molar-refractivity contribution in [3.8, 4) is 0 Å². The Bertz CT molecular complexity index is 868. The van der Waals surface area contributed by atoms with Crippen molar-refractivity contribution >= 4 is 17.0 Å². The van der Waals surface area contributed by atoms with Crippen LogP contribution >= 0.6 is 0 Å². The van der Waals surface area contributed by atoms with Gasteiger partial charge in [-0.05, 0) is 26.3 Å². The van der Waals surface area contributed by atoms with Crippen molar-refractivity contribution in [2.75, 3.05) is 18.0 Å². The standard InChI is InChI=1S/C18H22N6O/c1-12-9-23(10-13(2)25-12)17-16-18(20-14(3)19-17)24(22-21-16)11-15-7-5-4-6-8-15/h4-8,12-13H,9-11H2,1-3H3. The van der Waals surface area contributed by atoms with E-state index >= 15 is 0 Å². The van der Waals surface area contributed by atoms with Gasteiger partial charge in [-0.3, -0.25) is 0 Å². The second-order valence-corrected chi connectivity index (χ2v) is 6.66. The van der Waals surface area contributed by atoms with Gasteiger partial charge in [0, 0.05) is 13.1 Å². The number of fused-ring (bicyclic) bond motifs is 1. The first-order valence-corrected chi connectivity index (χ1v) is 8.62. The number of ether oxygens (including phenoxy) is 1. The predicted octanol–water partition coefficient (Wildman–Crippen LogP) is 2.19. The van der Waals surface area contributed by atoms with Crippen LogP contribution in [-0.4, -0.2) is 50.3 Å². The van der Waals surface area contributed by atoms with Crippen LogP contribution in [0.25, 0.3) is 11.2 Å². The Kier molecular flexibility index (Phi) is 4.09. The Morgan fingerprint density at radius 3 is 2.52 bits per heavy atom. The van der Waals surface area contributed by atoms with Gasteiger partial charge >= 0.3 is 0 Å². The molecule has 3 aromatic rings. The summed E-state index contributed by atoms with van der Waals surface area (Å²) >= 11 is 0. The zero-order valence-corrected chi connectivity index (χ0v) is 14.8. The summed E-state index contributed by atoms with van der Waals surface area (Å²) in [6.45, 7) is 8.31. The Morgan fingerprint density at radius 2 is 1.80 bits per heavy atom. The van der Waals surface area contributed by atoms with Gasteiger partial charge in [-0.2, -0.15) is 0 Å². The highest BCUT2D eigenvalue weighted by atomic mass is 16.5. The second kappa shape index (κ2) is 6.40. The molecule has 3 heterocycles. The highest BCUT2D eigenvalue weighted by Gasteiger charge is 2.26. The van der Waals surface area contributed by atoms with E-state index in [9.17, 15) is 0 Å². The quantitative estimate of drug-likeness (QED) is 0.729. The topological polar surface area (TPSA) is 69.0 Å². The molecular formula is C18H22N6O. The van der Waals surface area contributed by atoms with Crippen LogP contribution in [-0.2, 0) is 11.3 Å². The van der Waals surface area contributed by atoms with Crippen molar-refractivity contribution < 1.29 is 4.74 Å². The molecule has 25 heavy (non-hydrogen) atoms. The number of hydrogen-bond donors (Lipinski definition) is 0. The third-order valence-corrected chi connectivity index (χ3v) is 4.35. The highest BCUT2D eigenvalue weighted by molar-refractivity contribution is 5.83. The summed E-state index contributed by atoms with van der Waals surface area (Å²) in [6.07, 6.45) is 0.321. The summed E-state index contributed by atoms with van der Waals surface area (Å²) in [7, 11) is 0. The van der Waals surface area contributed by atoms with Crippen molar-refractivity contribution in [2.45, 2.75) is 39.5 Å². The summed E-state index contributed by atoms with van der Waals surface area (Å²) in [5, 5.41) is 8.72. The number of aromatic nitrogens is 5. The molecule has 0 aliphatic carbocycles. The molecule has 2 atom stereocenters. The molecule has 1 aromatic carbocycles. The van der Waals surface area contributed by atoms with E-state index in [0.717, 1.165) is 35.9 Å². The molecule has 0 amide bonds. The number of benzene rings is 1. The monoisotopic (exact) mass is 338 g/mol. The molecule has 130 valence electrons. The van der Waals surface area contributed by atoms with Gasteiger partial charge in [0.25, 0.3) is 0 Å². The minimum absolute atomic E-state index is 0.161. The van der Waals surface area contributed by atoms with Gasteiger partial charge in [-0.15, -0.1) is 5.10 Å². The fourth-order valence-electron chi connectivity index (χ4n) is 3.38. The van der Waals surface area contributed by atoms with E-state index in [1.165, 1.54) is 5.56 Å². The first-order chi connectivity index (χ1) is 12.1. The molecule has 7 nitrogen and oxygen atoms in total. The Balaban J connectivity index is 1.74. The van der Waals surface area contributed by atoms with E-state index in [1.807, 2.05) is 29.8 Å². The fraction of sp³-hybridized carbons (Fsp3) is 0.444. The minimum Gasteiger partial charge on any atom is -0.372 e. The van der Waals surface area contributed by atoms with Crippen LogP contribution in [0.4, 0.5) is 5.82 Å². The van der Waals surface area contributed by atoms with Gasteiger partial charge in [0.2, 0.25) is 0 Å². The smallest absolute Gasteiger partial charge is 0.184 e. The maximum Gasteiger partial charge on any atom is 0.184 e. The number of morpholine rings is 1. The van der Waals surface area contributed by atoms with Gasteiger partial charge in [0.05, 0.1) is 18.8 Å². The van der Waals surface area contributed by atoms with Crippen molar-refractivity contribution in [3.63, 3.8) is 0 Å². The molecule has 7 heteroatoms. The maximum atomic E-state index is 5.84. The molecule has 1 saturated heterocycles. The lowest BCUT2D eigenvalue weighted by atomic mass is 10.2. The summed E-state index contributed by atoms with van der Waals surface area (Å²) < 4.78 is 7.68. The van der Waals surface area contributed by atoms with E-state index < -0.39 is 0 Å². The van der Waals surface area contributed by atoms with Gasteiger partial charge in [0.1, 0.15) is 5.82 Å². The van der Waals surface area contributed by atoms with Crippen LogP contribution in [0.3, 0.4) is 0 Å². The van der Waals surface area contributed by atoms with Gasteiger partial charge in [-0.1, -0.05) is 35.5 Å². The summed E-state index contributed by atoms with van der Waals surface area (Å²) in [5.41, 5.74) is 2.70. The Hall–Kier alpha value is -2.54. The highest BCUT2D eigenvalue weighted by Crippen LogP contribution is 2.25. The molecule has 1 aliphatic rings. The normalized spacial score (nSPS) is 21.0. The third-order valence-electron chi connectivity index (χ3n) is 4.35. The van der Waals surface area contributed by atoms with E-state index in [1.54, 1.807) is 0 Å². The molecule has 4 rings (SSSR count). The van der Waals surface area contributed by atoms with Gasteiger partial charge in [0.15, 0.2) is 17.0 Å². The molecule has 0 radical (unpaired) electrons. The van der Waals surface area contributed by atoms with Crippen LogP contribution < -0.4 is 4.90 Å². The zero-order valence-electron chi connectivity index (χ0n) is 14.8. The molecule has 0 saturated carbocycles. The Labute approximate surface area is 146 Å². The molecule has 0 bridgehead atoms. The zero-order chi connectivity index (χ0) is 17.4. The lowest BCUT2D eigenvalue weighted by Crippen LogP contribution is -2.46. The summed E-state index contributed by atoms with van der Waals surface area (Å²) in [6, 6.07) is 10.2. The number of rotatable bonds is 3. The Morgan fingerprint density at radius 1 is 1.08 bits per heavy atom. The SMILES string of the molecule is Cc1nc(N2CC(C)OC(C)C2)c2nnn(Cc3ccccc3)c2n1. The van der Waals surface area contributed by atoms with Crippen LogP contribution in [0.15, 0.2) is 30.3 Å². The van der Waals surface area contributed by atoms with Crippen LogP contribution in [0.2, 0.25) is 0 Å². The molecule has 0 spiro atoms. The van der Waals surface area contributed by atoms with E-state index in [-0.39, 0.29) is 12.2 Å². The first kappa shape index (κ1) is 16.0. The number of nitrogens with zero attached hydrogens (tertiary/aromatic N) is 6. The largest absolute Gasteiger partial charge is 0.372 e. The number of anilines is 1. The lowest BCUT2D eigenvalue weighted by Gasteiger charge is -2.36. The molecule has 1 aliphatic heterocycles. The second-order valence-electron chi connectivity index (χ2n) is 6.66. The van der Waals surface area contributed by atoms with E-state index in [0.29, 0.717) is 6.54 Å². The first-order valence-electron chi connectivity index (χ1n) is 8.62. The number of hydrogen-bond acceptors (Lipinski definition) is 6. The average molecular weight is 338 g/mol. The molecule has 1 fully saturated rings. The fourth-order valence-corrected chi connectivity index (χ4v) is 3.38. The van der Waals surface area contributed by atoms with Crippen molar-refractivity contribution in [1.29, 1.82) is 0 Å². The predicted molar refractivity (Wildman–Crippen MR) is 95.6 cm³/mol. The van der Waals surface area contributed by atoms with Crippen LogP contribution in [0.1, 0.15) is 25.2 Å². The van der Waals surface area contributed by atoms with Crippen molar-refractivity contribution in [1.82, 2.24) is 25.0 Å². The van der Waals surface area contributed by atoms with Crippen molar-refractivity contribution in [2.24, 2.45) is 0 Å². The maximum absolute atomic E-state index is 5.84. The molecule has 2 unspecified atom stereocenters. The molecule has 0 N–H and O–H groups in total. The van der Waals surface area contributed by atoms with Gasteiger partial charge in [-0.25, -0.2) is 14.6 Å². The third kappa shape index (κ3) is 3.19. The number of aryl methyl sites for hydroxylation is 1. The molecule has 2 aromatic heterocycles. The summed E-state index contributed by atoms with van der Waals surface area (Å²) in [4.78, 5) is 11.5. The van der Waals surface area contributed by atoms with E-state index in [4.69, 9.17) is 4.74 Å². The van der Waals surface area contributed by atoms with Gasteiger partial charge < -0.3 is 9.64 Å². The average Bonchev–Trinajstić information content (AvgIpc) is 2.97. The molecular weight excluding hydrogens is 316 g/mol. The lowest BCUT2D eigenvalue weighted by molar-refractivity contribution is -0.00539. The van der Waals surface area contributed by atoms with Crippen molar-refractivity contribution in [3.05, 3.63) is 41.7 Å². The summed E-state index contributed by atoms with van der Waals surface area (Å²) in [5.74, 6) is 1.58. The van der Waals surface area contributed by atoms with Crippen LogP contribution in [0, 0.1) is 6.92 Å². The van der Waals surface area contributed by atoms with E-state index in [2.05, 4.69) is 51.2 Å². The van der Waals surface area contributed by atoms with Crippen LogP contribution in [0.5, 0.6) is 0 Å². The minimum atomic E-state index is 0.161.